The van der Waals surface area contributed by atoms with Gasteiger partial charge in [0.05, 0.1) is 5.52 Å². The zero-order valence-corrected chi connectivity index (χ0v) is 11.7. The van der Waals surface area contributed by atoms with Crippen LogP contribution < -0.4 is 5.32 Å². The third-order valence-electron chi connectivity index (χ3n) is 5.17. The maximum absolute atomic E-state index is 4.65. The molecule has 0 unspecified atom stereocenters. The van der Waals surface area contributed by atoms with Crippen LogP contribution >= 0.6 is 0 Å². The third-order valence-corrected chi connectivity index (χ3v) is 5.17. The smallest absolute Gasteiger partial charge is 0.158 e. The molecule has 3 aromatic rings. The normalized spacial score (nSPS) is 27.7. The lowest BCUT2D eigenvalue weighted by molar-refractivity contribution is 0.439. The van der Waals surface area contributed by atoms with Crippen molar-refractivity contribution in [2.24, 2.45) is 11.8 Å². The van der Waals surface area contributed by atoms with E-state index in [1.165, 1.54) is 25.7 Å². The van der Waals surface area contributed by atoms with Crippen LogP contribution in [0.2, 0.25) is 0 Å². The molecule has 106 valence electrons. The summed E-state index contributed by atoms with van der Waals surface area (Å²) >= 11 is 0. The Kier molecular flexibility index (Phi) is 2.28. The van der Waals surface area contributed by atoms with Crippen LogP contribution in [0, 0.1) is 11.8 Å². The van der Waals surface area contributed by atoms with Crippen molar-refractivity contribution in [3.8, 4) is 0 Å². The minimum atomic E-state index is 0.562. The Labute approximate surface area is 122 Å². The van der Waals surface area contributed by atoms with Crippen molar-refractivity contribution in [1.29, 1.82) is 0 Å². The Morgan fingerprint density at radius 2 is 2.10 bits per heavy atom. The largest absolute Gasteiger partial charge is 0.365 e. The van der Waals surface area contributed by atoms with Gasteiger partial charge in [0.1, 0.15) is 11.8 Å². The number of rotatable bonds is 2. The highest BCUT2D eigenvalue weighted by Crippen LogP contribution is 2.45. The summed E-state index contributed by atoms with van der Waals surface area (Å²) in [7, 11) is 0. The molecule has 2 saturated carbocycles. The van der Waals surface area contributed by atoms with Crippen molar-refractivity contribution < 1.29 is 0 Å². The topological polar surface area (TPSA) is 55.1 Å². The molecule has 0 amide bonds. The monoisotopic (exact) mass is 279 g/mol. The van der Waals surface area contributed by atoms with Gasteiger partial charge >= 0.3 is 0 Å². The minimum Gasteiger partial charge on any atom is -0.365 e. The zero-order chi connectivity index (χ0) is 13.8. The number of fused-ring (bicyclic) bond motifs is 5. The molecule has 1 N–H and O–H groups in total. The molecule has 2 bridgehead atoms. The summed E-state index contributed by atoms with van der Waals surface area (Å²) in [5, 5.41) is 8.30. The second kappa shape index (κ2) is 4.16. The SMILES string of the molecule is c1ccn2nc3c(N[C@H]4C[C@@H]5CC[C@H]4C5)ncnc3c2c1. The van der Waals surface area contributed by atoms with Crippen molar-refractivity contribution >= 4 is 22.4 Å². The second-order valence-electron chi connectivity index (χ2n) is 6.38. The molecule has 0 saturated heterocycles. The second-order valence-corrected chi connectivity index (χ2v) is 6.38. The minimum absolute atomic E-state index is 0.562. The van der Waals surface area contributed by atoms with Crippen molar-refractivity contribution in [3.05, 3.63) is 30.7 Å². The van der Waals surface area contributed by atoms with E-state index in [1.54, 1.807) is 6.33 Å². The Hall–Kier alpha value is -2.17. The van der Waals surface area contributed by atoms with Crippen LogP contribution in [0.3, 0.4) is 0 Å². The first-order chi connectivity index (χ1) is 10.4. The molecule has 5 nitrogen and oxygen atoms in total. The van der Waals surface area contributed by atoms with Gasteiger partial charge in [0.25, 0.3) is 0 Å². The van der Waals surface area contributed by atoms with E-state index >= 15 is 0 Å². The number of nitrogens with one attached hydrogen (secondary N) is 1. The van der Waals surface area contributed by atoms with Crippen LogP contribution in [0.4, 0.5) is 5.82 Å². The number of aromatic nitrogens is 4. The Balaban J connectivity index is 1.60. The van der Waals surface area contributed by atoms with Crippen LogP contribution in [0.1, 0.15) is 25.7 Å². The summed E-state index contributed by atoms with van der Waals surface area (Å²) in [6.07, 6.45) is 9.05. The Bertz CT molecular complexity index is 824. The Morgan fingerprint density at radius 1 is 1.10 bits per heavy atom. The highest BCUT2D eigenvalue weighted by molar-refractivity contribution is 5.96. The van der Waals surface area contributed by atoms with E-state index in [2.05, 4.69) is 20.4 Å². The van der Waals surface area contributed by atoms with Gasteiger partial charge in [-0.2, -0.15) is 5.10 Å². The summed E-state index contributed by atoms with van der Waals surface area (Å²) in [4.78, 5) is 8.87. The molecule has 21 heavy (non-hydrogen) atoms. The van der Waals surface area contributed by atoms with E-state index in [4.69, 9.17) is 0 Å². The van der Waals surface area contributed by atoms with E-state index in [-0.39, 0.29) is 0 Å². The number of anilines is 1. The molecule has 0 radical (unpaired) electrons. The first-order valence-corrected chi connectivity index (χ1v) is 7.73. The van der Waals surface area contributed by atoms with Gasteiger partial charge in [-0.05, 0) is 43.2 Å². The summed E-state index contributed by atoms with van der Waals surface area (Å²) < 4.78 is 1.88. The van der Waals surface area contributed by atoms with Crippen LogP contribution in [-0.2, 0) is 0 Å². The predicted molar refractivity (Wildman–Crippen MR) is 81.1 cm³/mol. The zero-order valence-electron chi connectivity index (χ0n) is 11.7. The van der Waals surface area contributed by atoms with Crippen molar-refractivity contribution in [2.75, 3.05) is 5.32 Å². The highest BCUT2D eigenvalue weighted by Gasteiger charge is 2.39. The number of hydrogen-bond donors (Lipinski definition) is 1. The van der Waals surface area contributed by atoms with Gasteiger partial charge in [0.2, 0.25) is 0 Å². The lowest BCUT2D eigenvalue weighted by atomic mass is 9.95. The molecule has 2 aliphatic rings. The number of pyridine rings is 1. The standard InChI is InChI=1S/C16H17N5/c1-2-6-21-13(3-1)14-15(20-21)16(18-9-17-14)19-12-8-10-4-5-11(12)7-10/h1-3,6,9-12H,4-5,7-8H2,(H,17,18,19)/t10-,11+,12+/m1/s1. The van der Waals surface area contributed by atoms with Crippen LogP contribution in [-0.4, -0.2) is 25.6 Å². The van der Waals surface area contributed by atoms with Gasteiger partial charge in [-0.3, -0.25) is 0 Å². The maximum Gasteiger partial charge on any atom is 0.158 e. The van der Waals surface area contributed by atoms with Crippen LogP contribution in [0.5, 0.6) is 0 Å². The molecule has 2 fully saturated rings. The average Bonchev–Trinajstić information content (AvgIpc) is 3.20. The molecule has 3 heterocycles. The number of hydrogen-bond acceptors (Lipinski definition) is 4. The lowest BCUT2D eigenvalue weighted by Crippen LogP contribution is -2.26. The molecule has 0 aliphatic heterocycles. The molecule has 0 aromatic carbocycles. The fourth-order valence-electron chi connectivity index (χ4n) is 4.18. The van der Waals surface area contributed by atoms with Gasteiger partial charge < -0.3 is 5.32 Å². The summed E-state index contributed by atoms with van der Waals surface area (Å²) in [6.45, 7) is 0. The number of nitrogens with zero attached hydrogens (tertiary/aromatic N) is 4. The summed E-state index contributed by atoms with van der Waals surface area (Å²) in [6, 6.07) is 6.60. The Morgan fingerprint density at radius 3 is 2.95 bits per heavy atom. The molecular weight excluding hydrogens is 262 g/mol. The van der Waals surface area contributed by atoms with Crippen LogP contribution in [0.25, 0.3) is 16.6 Å². The molecule has 3 atom stereocenters. The van der Waals surface area contributed by atoms with Crippen LogP contribution in [0.15, 0.2) is 30.7 Å². The van der Waals surface area contributed by atoms with E-state index < -0.39 is 0 Å². The van der Waals surface area contributed by atoms with Gasteiger partial charge in [-0.1, -0.05) is 12.5 Å². The van der Waals surface area contributed by atoms with Crippen molar-refractivity contribution in [2.45, 2.75) is 31.7 Å². The van der Waals surface area contributed by atoms with Crippen molar-refractivity contribution in [3.63, 3.8) is 0 Å². The molecule has 2 aliphatic carbocycles. The molecule has 3 aromatic heterocycles. The van der Waals surface area contributed by atoms with Gasteiger partial charge in [-0.15, -0.1) is 0 Å². The molecular formula is C16H17N5. The van der Waals surface area contributed by atoms with E-state index in [0.29, 0.717) is 6.04 Å². The average molecular weight is 279 g/mol. The fraction of sp³-hybridized carbons (Fsp3) is 0.438. The maximum atomic E-state index is 4.65. The first kappa shape index (κ1) is 11.5. The highest BCUT2D eigenvalue weighted by atomic mass is 15.2. The fourth-order valence-corrected chi connectivity index (χ4v) is 4.18. The first-order valence-electron chi connectivity index (χ1n) is 7.73. The van der Waals surface area contributed by atoms with Crippen molar-refractivity contribution in [1.82, 2.24) is 19.6 Å². The summed E-state index contributed by atoms with van der Waals surface area (Å²) in [5.74, 6) is 2.63. The van der Waals surface area contributed by atoms with E-state index in [9.17, 15) is 0 Å². The predicted octanol–water partition coefficient (Wildman–Crippen LogP) is 2.88. The van der Waals surface area contributed by atoms with Gasteiger partial charge in [0.15, 0.2) is 11.3 Å². The molecule has 5 rings (SSSR count). The van der Waals surface area contributed by atoms with E-state index in [1.807, 2.05) is 28.9 Å². The van der Waals surface area contributed by atoms with E-state index in [0.717, 1.165) is 34.2 Å². The van der Waals surface area contributed by atoms with Gasteiger partial charge in [0, 0.05) is 12.2 Å². The quantitative estimate of drug-likeness (QED) is 0.783. The molecule has 0 spiro atoms. The molecule has 5 heteroatoms. The van der Waals surface area contributed by atoms with Gasteiger partial charge in [-0.25, -0.2) is 14.5 Å². The lowest BCUT2D eigenvalue weighted by Gasteiger charge is -2.23. The third kappa shape index (κ3) is 1.66. The summed E-state index contributed by atoms with van der Waals surface area (Å²) in [5.41, 5.74) is 2.84.